The van der Waals surface area contributed by atoms with E-state index in [1.165, 1.54) is 4.57 Å². The van der Waals surface area contributed by atoms with Crippen LogP contribution < -0.4 is 0 Å². The van der Waals surface area contributed by atoms with Crippen LogP contribution >= 0.6 is 0 Å². The zero-order chi connectivity index (χ0) is 54.7. The average Bonchev–Trinajstić information content (AvgIpc) is 4.03. The normalized spacial score (nSPS) is 14.1. The molecule has 0 atom stereocenters. The number of rotatable bonds is 7. The molecule has 4 nitrogen and oxygen atoms in total. The lowest BCUT2D eigenvalue weighted by atomic mass is 9.91. The smallest absolute Gasteiger partial charge is 0.166 e. The van der Waals surface area contributed by atoms with E-state index in [9.17, 15) is 6.85 Å². The highest BCUT2D eigenvalue weighted by molar-refractivity contribution is 6.25. The van der Waals surface area contributed by atoms with Crippen LogP contribution in [0.25, 0.3) is 127 Å². The van der Waals surface area contributed by atoms with Gasteiger partial charge in [-0.25, -0.2) is 15.0 Å². The molecule has 0 N–H and O–H groups in total. The van der Waals surface area contributed by atoms with E-state index < -0.39 is 83.6 Å². The van der Waals surface area contributed by atoms with Gasteiger partial charge in [0.1, 0.15) is 0 Å². The van der Waals surface area contributed by atoms with Gasteiger partial charge in [-0.15, -0.1) is 0 Å². The maximum atomic E-state index is 9.87. The second kappa shape index (κ2) is 15.9. The maximum absolute atomic E-state index is 9.87. The SMILES string of the molecule is [2H]c1c([2H])c([2H])c(-c2c([2H])c([2H])c3c(c2[2H])c2c([2H])c([2H])c([2H])c([2H])c2n3-c2ccc(-c3ccc4c5ccccc5c5ccccc5c4c3)cc2-c2nc(-c3ccccc3)nc(-c3ccc(-c4ccccc4)cc3)n2)c([2H])c1[2H]. The zero-order valence-electron chi connectivity index (χ0n) is 47.5. The van der Waals surface area contributed by atoms with Gasteiger partial charge < -0.3 is 4.57 Å². The van der Waals surface area contributed by atoms with Crippen LogP contribution in [0.5, 0.6) is 0 Å². The Bertz CT molecular complexity index is 4680. The Kier molecular flexibility index (Phi) is 6.66. The Hall–Kier alpha value is -8.99. The summed E-state index contributed by atoms with van der Waals surface area (Å²) in [5.41, 5.74) is 4.23. The molecule has 0 spiro atoms. The topological polar surface area (TPSA) is 43.6 Å². The maximum Gasteiger partial charge on any atom is 0.166 e. The number of para-hydroxylation sites is 1. The summed E-state index contributed by atoms with van der Waals surface area (Å²) in [6.45, 7) is 0. The highest BCUT2D eigenvalue weighted by Gasteiger charge is 2.21. The molecule has 2 heterocycles. The number of aromatic nitrogens is 4. The fourth-order valence-electron chi connectivity index (χ4n) is 9.22. The van der Waals surface area contributed by atoms with Gasteiger partial charge in [-0.1, -0.05) is 206 Å². The van der Waals surface area contributed by atoms with E-state index in [2.05, 4.69) is 36.4 Å². The Morgan fingerprint density at radius 2 is 0.791 bits per heavy atom. The van der Waals surface area contributed by atoms with E-state index in [1.807, 2.05) is 127 Å². The van der Waals surface area contributed by atoms with Gasteiger partial charge in [0.2, 0.25) is 0 Å². The van der Waals surface area contributed by atoms with Gasteiger partial charge in [-0.05, 0) is 102 Å². The summed E-state index contributed by atoms with van der Waals surface area (Å²) in [6.07, 6.45) is 0. The molecule has 0 aliphatic heterocycles. The molecule has 67 heavy (non-hydrogen) atoms. The van der Waals surface area contributed by atoms with Crippen LogP contribution in [0.1, 0.15) is 16.4 Å². The van der Waals surface area contributed by atoms with Gasteiger partial charge in [-0.3, -0.25) is 0 Å². The number of fused-ring (bicyclic) bond motifs is 9. The molecule has 0 unspecified atom stereocenters. The second-order valence-electron chi connectivity index (χ2n) is 16.2. The summed E-state index contributed by atoms with van der Waals surface area (Å²) in [5.74, 6) is 0.795. The summed E-state index contributed by atoms with van der Waals surface area (Å²) in [4.78, 5) is 15.4. The minimum Gasteiger partial charge on any atom is -0.309 e. The predicted octanol–water partition coefficient (Wildman–Crippen LogP) is 16.4. The van der Waals surface area contributed by atoms with Crippen molar-refractivity contribution in [2.24, 2.45) is 0 Å². The van der Waals surface area contributed by atoms with Crippen molar-refractivity contribution in [2.45, 2.75) is 0 Å². The van der Waals surface area contributed by atoms with Gasteiger partial charge in [-0.2, -0.15) is 0 Å². The Labute approximate surface area is 404 Å². The fourth-order valence-corrected chi connectivity index (χ4v) is 9.22. The molecule has 0 aliphatic carbocycles. The molecule has 0 fully saturated rings. The first-order chi connectivity index (χ1) is 38.2. The van der Waals surface area contributed by atoms with Crippen molar-refractivity contribution in [3.8, 4) is 73.2 Å². The predicted molar refractivity (Wildman–Crippen MR) is 279 cm³/mol. The van der Waals surface area contributed by atoms with E-state index in [1.54, 1.807) is 6.07 Å². The first-order valence-corrected chi connectivity index (χ1v) is 21.8. The number of benzene rings is 11. The van der Waals surface area contributed by atoms with Crippen LogP contribution in [0.4, 0.5) is 0 Å². The first kappa shape index (κ1) is 28.0. The Morgan fingerprint density at radius 3 is 1.49 bits per heavy atom. The molecule has 312 valence electrons. The largest absolute Gasteiger partial charge is 0.309 e. The van der Waals surface area contributed by atoms with Crippen LogP contribution in [0.3, 0.4) is 0 Å². The third-order valence-electron chi connectivity index (χ3n) is 12.4. The van der Waals surface area contributed by atoms with Crippen molar-refractivity contribution in [3.63, 3.8) is 0 Å². The molecule has 0 saturated carbocycles. The standard InChI is InChI=1S/C63H40N4/c1-4-16-41(17-5-1)43-28-30-45(31-29-43)62-64-61(44-20-8-3-9-21-44)65-63(66-62)57-40-48(47-32-35-53-51-24-11-10-22-49(51)50-23-12-13-25-52(50)55(53)38-47)34-37-60(57)67-58-27-15-14-26-54(58)56-39-46(33-36-59(56)67)42-18-6-2-7-19-42/h1-40H/i2D,6D,7D,14D,15D,18D,19D,26D,27D,33D,36D,39D. The van der Waals surface area contributed by atoms with Crippen molar-refractivity contribution in [3.05, 3.63) is 242 Å². The van der Waals surface area contributed by atoms with E-state index in [-0.39, 0.29) is 33.3 Å². The zero-order valence-corrected chi connectivity index (χ0v) is 35.5. The van der Waals surface area contributed by atoms with Crippen LogP contribution in [0.15, 0.2) is 242 Å². The lowest BCUT2D eigenvalue weighted by Crippen LogP contribution is -2.04. The van der Waals surface area contributed by atoms with E-state index in [4.69, 9.17) is 24.5 Å². The summed E-state index contributed by atoms with van der Waals surface area (Å²) in [6, 6.07) is 48.1. The number of nitrogens with zero attached hydrogens (tertiary/aromatic N) is 4. The fraction of sp³-hybridized carbons (Fsp3) is 0. The van der Waals surface area contributed by atoms with Gasteiger partial charge >= 0.3 is 0 Å². The van der Waals surface area contributed by atoms with Gasteiger partial charge in [0.25, 0.3) is 0 Å². The summed E-state index contributed by atoms with van der Waals surface area (Å²) < 4.78 is 111. The van der Waals surface area contributed by atoms with Crippen LogP contribution in [-0.4, -0.2) is 19.5 Å². The molecule has 11 aromatic carbocycles. The summed E-state index contributed by atoms with van der Waals surface area (Å²) >= 11 is 0. The lowest BCUT2D eigenvalue weighted by Gasteiger charge is -2.17. The lowest BCUT2D eigenvalue weighted by molar-refractivity contribution is 1.06. The quantitative estimate of drug-likeness (QED) is 0.150. The van der Waals surface area contributed by atoms with Crippen molar-refractivity contribution >= 4 is 54.1 Å². The third-order valence-corrected chi connectivity index (χ3v) is 12.4. The molecular formula is C63H40N4. The van der Waals surface area contributed by atoms with E-state index in [0.29, 0.717) is 33.9 Å². The first-order valence-electron chi connectivity index (χ1n) is 27.8. The molecule has 0 bridgehead atoms. The van der Waals surface area contributed by atoms with E-state index in [0.717, 1.165) is 49.0 Å². The molecule has 4 heteroatoms. The average molecular weight is 865 g/mol. The molecule has 0 radical (unpaired) electrons. The Balaban J connectivity index is 1.15. The minimum atomic E-state index is -0.706. The van der Waals surface area contributed by atoms with Gasteiger partial charge in [0.15, 0.2) is 17.5 Å². The number of hydrogen-bond donors (Lipinski definition) is 0. The van der Waals surface area contributed by atoms with Gasteiger partial charge in [0, 0.05) is 27.5 Å². The number of hydrogen-bond acceptors (Lipinski definition) is 3. The minimum absolute atomic E-state index is 0.132. The summed E-state index contributed by atoms with van der Waals surface area (Å²) in [7, 11) is 0. The van der Waals surface area contributed by atoms with Crippen LogP contribution in [0.2, 0.25) is 0 Å². The highest BCUT2D eigenvalue weighted by Crippen LogP contribution is 2.42. The van der Waals surface area contributed by atoms with Crippen molar-refractivity contribution in [1.82, 2.24) is 19.5 Å². The Morgan fingerprint density at radius 1 is 0.299 bits per heavy atom. The molecule has 13 rings (SSSR count). The molecule has 13 aromatic rings. The van der Waals surface area contributed by atoms with E-state index >= 15 is 0 Å². The second-order valence-corrected chi connectivity index (χ2v) is 16.2. The van der Waals surface area contributed by atoms with Crippen molar-refractivity contribution in [2.75, 3.05) is 0 Å². The third kappa shape index (κ3) is 6.65. The van der Waals surface area contributed by atoms with Crippen LogP contribution in [0, 0.1) is 0 Å². The molecule has 0 aliphatic rings. The molecular weight excluding hydrogens is 813 g/mol. The van der Waals surface area contributed by atoms with Gasteiger partial charge in [0.05, 0.1) is 33.2 Å². The van der Waals surface area contributed by atoms with Crippen molar-refractivity contribution in [1.29, 1.82) is 0 Å². The van der Waals surface area contributed by atoms with Crippen molar-refractivity contribution < 1.29 is 16.4 Å². The molecule has 0 saturated heterocycles. The van der Waals surface area contributed by atoms with Crippen LogP contribution in [-0.2, 0) is 0 Å². The monoisotopic (exact) mass is 864 g/mol. The molecule has 0 amide bonds. The molecule has 2 aromatic heterocycles. The highest BCUT2D eigenvalue weighted by atomic mass is 15.1. The summed E-state index contributed by atoms with van der Waals surface area (Å²) in [5, 5.41) is 6.11.